The second kappa shape index (κ2) is 5.85. The van der Waals surface area contributed by atoms with Crippen LogP contribution in [-0.4, -0.2) is 35.5 Å². The molecule has 0 N–H and O–H groups in total. The molecule has 0 spiro atoms. The summed E-state index contributed by atoms with van der Waals surface area (Å²) in [6.45, 7) is 2.07. The summed E-state index contributed by atoms with van der Waals surface area (Å²) in [7, 11) is 1.85. The summed E-state index contributed by atoms with van der Waals surface area (Å²) in [6.07, 6.45) is 2.22. The highest BCUT2D eigenvalue weighted by atomic mass is 32.1. The topological polar surface area (TPSA) is 42.4 Å². The standard InChI is InChI=1S/C16H18N2O2S/c1-11-10-21-16(17-11)12-4-3-5-14(8-12)20-9-15(19)18(2)13-6-7-13/h3-5,8,10,13H,6-7,9H2,1-2H3. The van der Waals surface area contributed by atoms with Crippen molar-refractivity contribution in [3.05, 3.63) is 35.3 Å². The Morgan fingerprint density at radius 1 is 1.48 bits per heavy atom. The minimum atomic E-state index is 0.0352. The lowest BCUT2D eigenvalue weighted by atomic mass is 10.2. The Kier molecular flexibility index (Phi) is 3.92. The van der Waals surface area contributed by atoms with Gasteiger partial charge >= 0.3 is 0 Å². The number of hydrogen-bond acceptors (Lipinski definition) is 4. The minimum absolute atomic E-state index is 0.0352. The van der Waals surface area contributed by atoms with E-state index in [0.29, 0.717) is 11.8 Å². The van der Waals surface area contributed by atoms with E-state index < -0.39 is 0 Å². The normalized spacial score (nSPS) is 14.0. The van der Waals surface area contributed by atoms with Gasteiger partial charge in [-0.05, 0) is 31.9 Å². The number of nitrogens with zero attached hydrogens (tertiary/aromatic N) is 2. The van der Waals surface area contributed by atoms with Crippen molar-refractivity contribution in [3.63, 3.8) is 0 Å². The Bertz CT molecular complexity index is 649. The van der Waals surface area contributed by atoms with Crippen LogP contribution in [0.3, 0.4) is 0 Å². The third kappa shape index (κ3) is 3.42. The van der Waals surface area contributed by atoms with Gasteiger partial charge in [0.1, 0.15) is 10.8 Å². The quantitative estimate of drug-likeness (QED) is 0.852. The molecule has 1 aliphatic carbocycles. The number of hydrogen-bond donors (Lipinski definition) is 0. The van der Waals surface area contributed by atoms with Gasteiger partial charge < -0.3 is 9.64 Å². The molecule has 5 heteroatoms. The molecule has 1 aliphatic rings. The average molecular weight is 302 g/mol. The molecule has 110 valence electrons. The average Bonchev–Trinajstić information content (AvgIpc) is 3.26. The number of thiazole rings is 1. The van der Waals surface area contributed by atoms with E-state index >= 15 is 0 Å². The van der Waals surface area contributed by atoms with Crippen LogP contribution in [0.5, 0.6) is 5.75 Å². The molecule has 4 nitrogen and oxygen atoms in total. The zero-order chi connectivity index (χ0) is 14.8. The number of aromatic nitrogens is 1. The van der Waals surface area contributed by atoms with Gasteiger partial charge in [0, 0.05) is 29.7 Å². The van der Waals surface area contributed by atoms with Crippen LogP contribution < -0.4 is 4.74 Å². The lowest BCUT2D eigenvalue weighted by Gasteiger charge is -2.16. The molecule has 1 fully saturated rings. The number of amides is 1. The van der Waals surface area contributed by atoms with Gasteiger partial charge in [0.15, 0.2) is 6.61 Å². The monoisotopic (exact) mass is 302 g/mol. The van der Waals surface area contributed by atoms with Gasteiger partial charge in [0.05, 0.1) is 0 Å². The first kappa shape index (κ1) is 14.1. The lowest BCUT2D eigenvalue weighted by Crippen LogP contribution is -2.33. The largest absolute Gasteiger partial charge is 0.484 e. The maximum absolute atomic E-state index is 11.9. The van der Waals surface area contributed by atoms with Crippen molar-refractivity contribution in [2.45, 2.75) is 25.8 Å². The summed E-state index contributed by atoms with van der Waals surface area (Å²) in [5.74, 6) is 0.742. The second-order valence-electron chi connectivity index (χ2n) is 5.35. The van der Waals surface area contributed by atoms with Crippen molar-refractivity contribution in [2.24, 2.45) is 0 Å². The van der Waals surface area contributed by atoms with Gasteiger partial charge in [-0.25, -0.2) is 4.98 Å². The lowest BCUT2D eigenvalue weighted by molar-refractivity contribution is -0.132. The maximum Gasteiger partial charge on any atom is 0.260 e. The van der Waals surface area contributed by atoms with Gasteiger partial charge in [-0.2, -0.15) is 0 Å². The molecule has 0 atom stereocenters. The summed E-state index contributed by atoms with van der Waals surface area (Å²) >= 11 is 1.61. The smallest absolute Gasteiger partial charge is 0.260 e. The second-order valence-corrected chi connectivity index (χ2v) is 6.20. The van der Waals surface area contributed by atoms with Crippen LogP contribution in [0.15, 0.2) is 29.6 Å². The van der Waals surface area contributed by atoms with E-state index in [9.17, 15) is 4.79 Å². The summed E-state index contributed by atoms with van der Waals surface area (Å²) in [6, 6.07) is 8.15. The first-order valence-corrected chi connectivity index (χ1v) is 7.92. The van der Waals surface area contributed by atoms with Crippen molar-refractivity contribution >= 4 is 17.2 Å². The molecule has 0 saturated heterocycles. The number of ether oxygens (including phenoxy) is 1. The Morgan fingerprint density at radius 2 is 2.29 bits per heavy atom. The first-order chi connectivity index (χ1) is 10.1. The molecule has 1 aromatic carbocycles. The van der Waals surface area contributed by atoms with E-state index in [1.807, 2.05) is 43.6 Å². The van der Waals surface area contributed by atoms with Crippen molar-refractivity contribution in [2.75, 3.05) is 13.7 Å². The predicted molar refractivity (Wildman–Crippen MR) is 83.6 cm³/mol. The van der Waals surface area contributed by atoms with Crippen LogP contribution in [0, 0.1) is 6.92 Å². The molecule has 3 rings (SSSR count). The van der Waals surface area contributed by atoms with Crippen LogP contribution >= 0.6 is 11.3 Å². The van der Waals surface area contributed by atoms with Crippen LogP contribution in [0.4, 0.5) is 0 Å². The molecule has 1 amide bonds. The van der Waals surface area contributed by atoms with Gasteiger partial charge in [-0.15, -0.1) is 11.3 Å². The van der Waals surface area contributed by atoms with Crippen molar-refractivity contribution in [1.29, 1.82) is 0 Å². The highest BCUT2D eigenvalue weighted by molar-refractivity contribution is 7.13. The fourth-order valence-electron chi connectivity index (χ4n) is 2.12. The van der Waals surface area contributed by atoms with Crippen molar-refractivity contribution < 1.29 is 9.53 Å². The highest BCUT2D eigenvalue weighted by Gasteiger charge is 2.29. The van der Waals surface area contributed by atoms with Gasteiger partial charge in [0.25, 0.3) is 5.91 Å². The third-order valence-corrected chi connectivity index (χ3v) is 4.56. The molecule has 0 aliphatic heterocycles. The Balaban J connectivity index is 1.64. The fourth-order valence-corrected chi connectivity index (χ4v) is 2.91. The van der Waals surface area contributed by atoms with E-state index in [1.54, 1.807) is 16.2 Å². The number of likely N-dealkylation sites (N-methyl/N-ethyl adjacent to an activating group) is 1. The van der Waals surface area contributed by atoms with E-state index in [2.05, 4.69) is 4.98 Å². The summed E-state index contributed by atoms with van der Waals surface area (Å²) < 4.78 is 5.62. The Hall–Kier alpha value is -1.88. The fraction of sp³-hybridized carbons (Fsp3) is 0.375. The summed E-state index contributed by atoms with van der Waals surface area (Å²) in [5.41, 5.74) is 2.04. The molecule has 0 bridgehead atoms. The zero-order valence-corrected chi connectivity index (χ0v) is 13.0. The van der Waals surface area contributed by atoms with Crippen molar-refractivity contribution in [3.8, 4) is 16.3 Å². The molecule has 0 radical (unpaired) electrons. The number of carbonyl (C=O) groups is 1. The molecule has 1 saturated carbocycles. The van der Waals surface area contributed by atoms with Crippen molar-refractivity contribution in [1.82, 2.24) is 9.88 Å². The van der Waals surface area contributed by atoms with Gasteiger partial charge in [-0.1, -0.05) is 12.1 Å². The number of aryl methyl sites for hydroxylation is 1. The number of benzene rings is 1. The van der Waals surface area contributed by atoms with Crippen LogP contribution in [0.2, 0.25) is 0 Å². The SMILES string of the molecule is Cc1csc(-c2cccc(OCC(=O)N(C)C3CC3)c2)n1. The molecule has 21 heavy (non-hydrogen) atoms. The van der Waals surface area contributed by atoms with Crippen LogP contribution in [0.1, 0.15) is 18.5 Å². The van der Waals surface area contributed by atoms with Gasteiger partial charge in [-0.3, -0.25) is 4.79 Å². The molecule has 1 heterocycles. The van der Waals surface area contributed by atoms with Crippen LogP contribution in [-0.2, 0) is 4.79 Å². The summed E-state index contributed by atoms with van der Waals surface area (Å²) in [5, 5.41) is 3.00. The number of carbonyl (C=O) groups excluding carboxylic acids is 1. The molecule has 1 aromatic heterocycles. The first-order valence-electron chi connectivity index (χ1n) is 7.04. The Morgan fingerprint density at radius 3 is 2.95 bits per heavy atom. The van der Waals surface area contributed by atoms with E-state index in [1.165, 1.54) is 0 Å². The zero-order valence-electron chi connectivity index (χ0n) is 12.2. The van der Waals surface area contributed by atoms with Gasteiger partial charge in [0.2, 0.25) is 0 Å². The molecule has 2 aromatic rings. The summed E-state index contributed by atoms with van der Waals surface area (Å²) in [4.78, 5) is 18.2. The third-order valence-electron chi connectivity index (χ3n) is 3.55. The predicted octanol–water partition coefficient (Wildman–Crippen LogP) is 3.12. The molecular weight excluding hydrogens is 284 g/mol. The minimum Gasteiger partial charge on any atom is -0.484 e. The number of rotatable bonds is 5. The Labute approximate surface area is 128 Å². The van der Waals surface area contributed by atoms with E-state index in [4.69, 9.17) is 4.74 Å². The molecule has 0 unspecified atom stereocenters. The maximum atomic E-state index is 11.9. The molecular formula is C16H18N2O2S. The van der Waals surface area contributed by atoms with E-state index in [0.717, 1.165) is 29.1 Å². The van der Waals surface area contributed by atoms with E-state index in [-0.39, 0.29) is 12.5 Å². The highest BCUT2D eigenvalue weighted by Crippen LogP contribution is 2.27. The van der Waals surface area contributed by atoms with Crippen LogP contribution in [0.25, 0.3) is 10.6 Å².